The smallest absolute Gasteiger partial charge is 0.343 e. The van der Waals surface area contributed by atoms with E-state index in [9.17, 15) is 24.0 Å². The van der Waals surface area contributed by atoms with Gasteiger partial charge in [-0.05, 0) is 97.7 Å². The fourth-order valence-electron chi connectivity index (χ4n) is 7.43. The molecule has 4 aromatic carbocycles. The van der Waals surface area contributed by atoms with E-state index in [1.165, 1.54) is 46.9 Å². The molecule has 1 aliphatic heterocycles. The first-order chi connectivity index (χ1) is 22.3. The number of carbonyl (C=O) groups is 5. The van der Waals surface area contributed by atoms with Gasteiger partial charge in [0.25, 0.3) is 0 Å². The normalized spacial score (nSPS) is 22.9. The molecular weight excluding hydrogens is 582 g/mol. The van der Waals surface area contributed by atoms with Crippen LogP contribution >= 0.6 is 0 Å². The Morgan fingerprint density at radius 2 is 1.41 bits per heavy atom. The second-order valence-corrected chi connectivity index (χ2v) is 12.3. The second kappa shape index (κ2) is 11.9. The van der Waals surface area contributed by atoms with Gasteiger partial charge >= 0.3 is 11.9 Å². The van der Waals surface area contributed by atoms with Gasteiger partial charge in [-0.3, -0.25) is 19.3 Å². The molecule has 0 radical (unpaired) electrons. The van der Waals surface area contributed by atoms with E-state index in [4.69, 9.17) is 9.47 Å². The quantitative estimate of drug-likeness (QED) is 0.101. The van der Waals surface area contributed by atoms with Crippen molar-refractivity contribution in [1.29, 1.82) is 0 Å². The number of fused-ring (bicyclic) bond motifs is 5. The highest BCUT2D eigenvalue weighted by atomic mass is 16.5. The van der Waals surface area contributed by atoms with Crippen LogP contribution in [0.3, 0.4) is 0 Å². The number of hydrogen-bond donors (Lipinski definition) is 0. The molecule has 46 heavy (non-hydrogen) atoms. The number of amides is 2. The molecule has 2 saturated carbocycles. The zero-order valence-corrected chi connectivity index (χ0v) is 25.1. The largest absolute Gasteiger partial charge is 0.454 e. The molecule has 1 heterocycles. The van der Waals surface area contributed by atoms with Crippen LogP contribution in [0.2, 0.25) is 0 Å². The summed E-state index contributed by atoms with van der Waals surface area (Å²) in [5.74, 6) is -2.00. The first-order valence-electron chi connectivity index (χ1n) is 15.4. The van der Waals surface area contributed by atoms with Gasteiger partial charge in [0, 0.05) is 5.56 Å². The molecular formula is C38H31NO7. The van der Waals surface area contributed by atoms with Crippen LogP contribution in [0.4, 0.5) is 5.69 Å². The van der Waals surface area contributed by atoms with Gasteiger partial charge in [-0.2, -0.15) is 0 Å². The Bertz CT molecular complexity index is 1850. The van der Waals surface area contributed by atoms with Gasteiger partial charge in [-0.15, -0.1) is 0 Å². The Morgan fingerprint density at radius 1 is 0.717 bits per heavy atom. The molecule has 8 nitrogen and oxygen atoms in total. The van der Waals surface area contributed by atoms with Gasteiger partial charge in [0.05, 0.1) is 28.7 Å². The van der Waals surface area contributed by atoms with E-state index in [0.29, 0.717) is 11.3 Å². The highest BCUT2D eigenvalue weighted by Gasteiger charge is 2.64. The minimum Gasteiger partial charge on any atom is -0.454 e. The number of aryl methyl sites for hydroxylation is 1. The van der Waals surface area contributed by atoms with Gasteiger partial charge in [0.15, 0.2) is 12.4 Å². The van der Waals surface area contributed by atoms with Crippen molar-refractivity contribution < 1.29 is 33.4 Å². The molecule has 230 valence electrons. The van der Waals surface area contributed by atoms with Gasteiger partial charge in [0.1, 0.15) is 5.75 Å². The van der Waals surface area contributed by atoms with Crippen LogP contribution in [0.25, 0.3) is 0 Å². The summed E-state index contributed by atoms with van der Waals surface area (Å²) in [5, 5.41) is 0. The van der Waals surface area contributed by atoms with Crippen LogP contribution in [0.1, 0.15) is 61.0 Å². The maximum Gasteiger partial charge on any atom is 0.343 e. The number of carbonyl (C=O) groups excluding carboxylic acids is 5. The zero-order valence-electron chi connectivity index (χ0n) is 25.1. The molecule has 2 aliphatic carbocycles. The van der Waals surface area contributed by atoms with Crippen molar-refractivity contribution in [3.63, 3.8) is 0 Å². The Labute approximate surface area is 265 Å². The third-order valence-electron chi connectivity index (χ3n) is 9.59. The van der Waals surface area contributed by atoms with E-state index >= 15 is 0 Å². The number of imide groups is 1. The summed E-state index contributed by atoms with van der Waals surface area (Å²) in [6.45, 7) is 1.41. The molecule has 3 aliphatic rings. The van der Waals surface area contributed by atoms with Crippen molar-refractivity contribution in [2.75, 3.05) is 11.5 Å². The molecule has 2 amide bonds. The van der Waals surface area contributed by atoms with Gasteiger partial charge < -0.3 is 9.47 Å². The third kappa shape index (κ3) is 5.30. The number of hydrogen-bond acceptors (Lipinski definition) is 7. The second-order valence-electron chi connectivity index (χ2n) is 12.3. The Kier molecular flexibility index (Phi) is 7.56. The molecule has 2 bridgehead atoms. The van der Waals surface area contributed by atoms with Crippen molar-refractivity contribution in [3.05, 3.63) is 131 Å². The fraction of sp³-hybridized carbons (Fsp3) is 0.237. The summed E-state index contributed by atoms with van der Waals surface area (Å²) in [6.07, 6.45) is 1.77. The predicted molar refractivity (Wildman–Crippen MR) is 169 cm³/mol. The lowest BCUT2D eigenvalue weighted by atomic mass is 9.73. The number of ether oxygens (including phenoxy) is 2. The Morgan fingerprint density at radius 3 is 2.15 bits per heavy atom. The minimum atomic E-state index is -0.748. The van der Waals surface area contributed by atoms with E-state index in [-0.39, 0.29) is 58.3 Å². The van der Waals surface area contributed by atoms with Crippen LogP contribution in [0, 0.1) is 30.6 Å². The van der Waals surface area contributed by atoms with Gasteiger partial charge in [-0.25, -0.2) is 9.59 Å². The van der Waals surface area contributed by atoms with Gasteiger partial charge in [0.2, 0.25) is 11.8 Å². The van der Waals surface area contributed by atoms with Crippen molar-refractivity contribution in [3.8, 4) is 5.75 Å². The number of nitrogens with zero attached hydrogens (tertiary/aromatic N) is 1. The van der Waals surface area contributed by atoms with E-state index in [0.717, 1.165) is 18.4 Å². The maximum atomic E-state index is 13.7. The number of ketones is 1. The maximum absolute atomic E-state index is 13.7. The number of rotatable bonds is 8. The number of Topliss-reactive ketones (excluding diaryl/α,β-unsaturated/α-hetero) is 1. The molecule has 5 atom stereocenters. The van der Waals surface area contributed by atoms with Crippen LogP contribution in [-0.2, 0) is 14.3 Å². The first kappa shape index (κ1) is 29.3. The average molecular weight is 614 g/mol. The predicted octanol–water partition coefficient (Wildman–Crippen LogP) is 6.18. The lowest BCUT2D eigenvalue weighted by molar-refractivity contribution is -0.123. The fourth-order valence-corrected chi connectivity index (χ4v) is 7.43. The summed E-state index contributed by atoms with van der Waals surface area (Å²) in [5.41, 5.74) is 3.38. The number of anilines is 1. The number of benzene rings is 4. The summed E-state index contributed by atoms with van der Waals surface area (Å²) in [6, 6.07) is 29.4. The summed E-state index contributed by atoms with van der Waals surface area (Å²) >= 11 is 0. The highest BCUT2D eigenvalue weighted by molar-refractivity contribution is 6.23. The molecule has 0 spiro atoms. The Balaban J connectivity index is 0.977. The van der Waals surface area contributed by atoms with Crippen LogP contribution in [0.15, 0.2) is 103 Å². The third-order valence-corrected chi connectivity index (χ3v) is 9.59. The molecule has 0 N–H and O–H groups in total. The van der Waals surface area contributed by atoms with E-state index in [2.05, 4.69) is 12.1 Å². The van der Waals surface area contributed by atoms with Crippen molar-refractivity contribution in [1.82, 2.24) is 0 Å². The van der Waals surface area contributed by atoms with Crippen molar-refractivity contribution in [2.45, 2.75) is 25.7 Å². The summed E-state index contributed by atoms with van der Waals surface area (Å²) in [7, 11) is 0. The minimum absolute atomic E-state index is 0.118. The lowest BCUT2D eigenvalue weighted by Gasteiger charge is -2.28. The van der Waals surface area contributed by atoms with Crippen LogP contribution in [-0.4, -0.2) is 36.1 Å². The van der Waals surface area contributed by atoms with Gasteiger partial charge in [-0.1, -0.05) is 54.1 Å². The molecule has 1 saturated heterocycles. The van der Waals surface area contributed by atoms with Crippen molar-refractivity contribution >= 4 is 35.2 Å². The first-order valence-corrected chi connectivity index (χ1v) is 15.4. The van der Waals surface area contributed by atoms with Crippen LogP contribution in [0.5, 0.6) is 5.75 Å². The molecule has 0 aromatic heterocycles. The SMILES string of the molecule is Cc1ccc(C(=O)Oc2ccc(C(=O)COC(=O)c3cccc(N4C(=O)[C@@H]5[C@@H]6C[C@@H]([C@@H]5C4=O)[C@H](c4ccccc4)C6)c3)cc2)cc1. The highest BCUT2D eigenvalue weighted by Crippen LogP contribution is 2.61. The average Bonchev–Trinajstić information content (AvgIpc) is 3.75. The number of esters is 2. The van der Waals surface area contributed by atoms with Crippen molar-refractivity contribution in [2.24, 2.45) is 23.7 Å². The summed E-state index contributed by atoms with van der Waals surface area (Å²) < 4.78 is 10.7. The van der Waals surface area contributed by atoms with E-state index in [1.807, 2.05) is 37.3 Å². The molecule has 8 heteroatoms. The monoisotopic (exact) mass is 613 g/mol. The topological polar surface area (TPSA) is 107 Å². The molecule has 3 fully saturated rings. The molecule has 4 aromatic rings. The van der Waals surface area contributed by atoms with E-state index < -0.39 is 24.3 Å². The zero-order chi connectivity index (χ0) is 31.9. The Hall–Kier alpha value is -5.37. The summed E-state index contributed by atoms with van der Waals surface area (Å²) in [4.78, 5) is 66.6. The molecule has 0 unspecified atom stereocenters. The van der Waals surface area contributed by atoms with E-state index in [1.54, 1.807) is 24.3 Å². The lowest BCUT2D eigenvalue weighted by Crippen LogP contribution is -2.33. The molecule has 7 rings (SSSR count). The van der Waals surface area contributed by atoms with Crippen LogP contribution < -0.4 is 9.64 Å². The standard InChI is InChI=1S/C38H31NO7/c1-22-10-12-25(13-11-22)38(44)46-29-16-14-24(15-17-29)32(40)21-45-37(43)26-8-5-9-28(18-26)39-35(41)33-27-19-30(23-6-3-2-4-7-23)31(20-27)34(33)36(39)42/h2-18,27,30-31,33-34H,19-21H2,1H3/t27-,30-,31+,33+,34-/m0/s1.